The highest BCUT2D eigenvalue weighted by Crippen LogP contribution is 2.20. The minimum Gasteiger partial charge on any atom is -0.497 e. The number of ether oxygens (including phenoxy) is 1. The van der Waals surface area contributed by atoms with Gasteiger partial charge in [-0.1, -0.05) is 0 Å². The van der Waals surface area contributed by atoms with Crippen molar-refractivity contribution in [1.29, 1.82) is 0 Å². The van der Waals surface area contributed by atoms with E-state index in [9.17, 15) is 9.59 Å². The Morgan fingerprint density at radius 2 is 1.79 bits per heavy atom. The van der Waals surface area contributed by atoms with E-state index in [4.69, 9.17) is 4.74 Å². The Bertz CT molecular complexity index is 553. The third-order valence-corrected chi connectivity index (χ3v) is 4.25. The molecule has 1 N–H and O–H groups in total. The highest BCUT2D eigenvalue weighted by atomic mass is 16.5. The molecule has 0 aliphatic carbocycles. The van der Waals surface area contributed by atoms with Crippen molar-refractivity contribution in [2.75, 3.05) is 65.4 Å². The number of methoxy groups -OCH3 is 1. The Morgan fingerprint density at radius 3 is 2.33 bits per heavy atom. The fourth-order valence-corrected chi connectivity index (χ4v) is 2.65. The molecule has 1 aromatic carbocycles. The SMILES string of the molecule is CNC(=O)CN(C)C(=O)CN1CCN(c2ccc(OC)cc2)CC1. The molecule has 0 atom stereocenters. The molecule has 1 heterocycles. The number of piperazine rings is 1. The first kappa shape index (κ1) is 18.1. The standard InChI is InChI=1S/C17H26N4O3/c1-18-16(22)12-19(2)17(23)13-20-8-10-21(11-9-20)14-4-6-15(24-3)7-5-14/h4-7H,8-13H2,1-3H3,(H,18,22). The molecule has 0 spiro atoms. The topological polar surface area (TPSA) is 65.1 Å². The van der Waals surface area contributed by atoms with Crippen LogP contribution < -0.4 is 15.0 Å². The van der Waals surface area contributed by atoms with Crippen LogP contribution in [-0.2, 0) is 9.59 Å². The molecule has 0 unspecified atom stereocenters. The van der Waals surface area contributed by atoms with Gasteiger partial charge in [0.15, 0.2) is 0 Å². The fraction of sp³-hybridized carbons (Fsp3) is 0.529. The normalized spacial score (nSPS) is 15.0. The van der Waals surface area contributed by atoms with E-state index in [0.717, 1.165) is 31.9 Å². The van der Waals surface area contributed by atoms with Gasteiger partial charge >= 0.3 is 0 Å². The molecule has 24 heavy (non-hydrogen) atoms. The number of carbonyl (C=O) groups excluding carboxylic acids is 2. The predicted molar refractivity (Wildman–Crippen MR) is 93.4 cm³/mol. The highest BCUT2D eigenvalue weighted by molar-refractivity contribution is 5.85. The summed E-state index contributed by atoms with van der Waals surface area (Å²) >= 11 is 0. The van der Waals surface area contributed by atoms with Crippen molar-refractivity contribution >= 4 is 17.5 Å². The Balaban J connectivity index is 1.79. The maximum atomic E-state index is 12.2. The first-order chi connectivity index (χ1) is 11.5. The Morgan fingerprint density at radius 1 is 1.17 bits per heavy atom. The van der Waals surface area contributed by atoms with E-state index in [1.54, 1.807) is 21.2 Å². The smallest absolute Gasteiger partial charge is 0.239 e. The number of rotatable bonds is 6. The van der Waals surface area contributed by atoms with Gasteiger partial charge in [-0.3, -0.25) is 14.5 Å². The molecule has 1 aliphatic rings. The molecule has 2 rings (SSSR count). The minimum atomic E-state index is -0.157. The summed E-state index contributed by atoms with van der Waals surface area (Å²) in [7, 11) is 4.89. The van der Waals surface area contributed by atoms with E-state index in [1.165, 1.54) is 10.6 Å². The molecule has 0 radical (unpaired) electrons. The second kappa shape index (κ2) is 8.54. The van der Waals surface area contributed by atoms with Crippen molar-refractivity contribution in [3.05, 3.63) is 24.3 Å². The number of anilines is 1. The molecule has 1 aromatic rings. The van der Waals surface area contributed by atoms with E-state index in [-0.39, 0.29) is 18.4 Å². The highest BCUT2D eigenvalue weighted by Gasteiger charge is 2.21. The van der Waals surface area contributed by atoms with Crippen LogP contribution >= 0.6 is 0 Å². The molecule has 0 bridgehead atoms. The van der Waals surface area contributed by atoms with Gasteiger partial charge in [0.25, 0.3) is 0 Å². The molecule has 0 saturated carbocycles. The molecule has 0 aromatic heterocycles. The fourth-order valence-electron chi connectivity index (χ4n) is 2.65. The number of carbonyl (C=O) groups is 2. The van der Waals surface area contributed by atoms with Crippen molar-refractivity contribution in [2.24, 2.45) is 0 Å². The van der Waals surface area contributed by atoms with Crippen LogP contribution in [0.15, 0.2) is 24.3 Å². The molecule has 2 amide bonds. The van der Waals surface area contributed by atoms with Crippen molar-refractivity contribution in [2.45, 2.75) is 0 Å². The lowest BCUT2D eigenvalue weighted by Gasteiger charge is -2.36. The number of hydrogen-bond donors (Lipinski definition) is 1. The molecular weight excluding hydrogens is 308 g/mol. The van der Waals surface area contributed by atoms with Crippen molar-refractivity contribution in [3.63, 3.8) is 0 Å². The number of likely N-dealkylation sites (N-methyl/N-ethyl adjacent to an activating group) is 2. The van der Waals surface area contributed by atoms with Gasteiger partial charge in [0, 0.05) is 46.0 Å². The Hall–Kier alpha value is -2.28. The summed E-state index contributed by atoms with van der Waals surface area (Å²) in [5.41, 5.74) is 1.17. The summed E-state index contributed by atoms with van der Waals surface area (Å²) in [5, 5.41) is 2.52. The van der Waals surface area contributed by atoms with E-state index < -0.39 is 0 Å². The summed E-state index contributed by atoms with van der Waals surface area (Å²) in [6.07, 6.45) is 0. The second-order valence-corrected chi connectivity index (χ2v) is 5.88. The summed E-state index contributed by atoms with van der Waals surface area (Å²) in [4.78, 5) is 29.4. The largest absolute Gasteiger partial charge is 0.497 e. The average Bonchev–Trinajstić information content (AvgIpc) is 2.62. The monoisotopic (exact) mass is 334 g/mol. The Kier molecular flexibility index (Phi) is 6.43. The third-order valence-electron chi connectivity index (χ3n) is 4.25. The van der Waals surface area contributed by atoms with Crippen LogP contribution in [0, 0.1) is 0 Å². The summed E-state index contributed by atoms with van der Waals surface area (Å²) in [6, 6.07) is 8.02. The van der Waals surface area contributed by atoms with E-state index >= 15 is 0 Å². The van der Waals surface area contributed by atoms with Gasteiger partial charge in [0.2, 0.25) is 11.8 Å². The molecule has 7 nitrogen and oxygen atoms in total. The van der Waals surface area contributed by atoms with Crippen LogP contribution in [0.3, 0.4) is 0 Å². The average molecular weight is 334 g/mol. The lowest BCUT2D eigenvalue weighted by atomic mass is 10.2. The van der Waals surface area contributed by atoms with Crippen molar-refractivity contribution in [1.82, 2.24) is 15.1 Å². The van der Waals surface area contributed by atoms with Gasteiger partial charge in [0.1, 0.15) is 5.75 Å². The Labute approximate surface area is 143 Å². The zero-order valence-electron chi connectivity index (χ0n) is 14.6. The van der Waals surface area contributed by atoms with Gasteiger partial charge in [-0.25, -0.2) is 0 Å². The number of nitrogens with one attached hydrogen (secondary N) is 1. The maximum absolute atomic E-state index is 12.2. The summed E-state index contributed by atoms with van der Waals surface area (Å²) < 4.78 is 5.18. The van der Waals surface area contributed by atoms with Gasteiger partial charge in [-0.05, 0) is 24.3 Å². The summed E-state index contributed by atoms with van der Waals surface area (Å²) in [6.45, 7) is 3.85. The van der Waals surface area contributed by atoms with Crippen molar-refractivity contribution < 1.29 is 14.3 Å². The van der Waals surface area contributed by atoms with Crippen LogP contribution in [0.2, 0.25) is 0 Å². The number of hydrogen-bond acceptors (Lipinski definition) is 5. The molecular formula is C17H26N4O3. The van der Waals surface area contributed by atoms with Gasteiger partial charge in [-0.2, -0.15) is 0 Å². The number of nitrogens with zero attached hydrogens (tertiary/aromatic N) is 3. The number of amides is 2. The quantitative estimate of drug-likeness (QED) is 0.795. The van der Waals surface area contributed by atoms with Crippen LogP contribution in [0.5, 0.6) is 5.75 Å². The van der Waals surface area contributed by atoms with E-state index in [2.05, 4.69) is 27.2 Å². The number of benzene rings is 1. The molecule has 1 fully saturated rings. The van der Waals surface area contributed by atoms with Crippen LogP contribution in [-0.4, -0.2) is 82.1 Å². The molecule has 1 saturated heterocycles. The lowest BCUT2D eigenvalue weighted by Crippen LogP contribution is -2.50. The summed E-state index contributed by atoms with van der Waals surface area (Å²) in [5.74, 6) is 0.661. The molecule has 7 heteroatoms. The van der Waals surface area contributed by atoms with Crippen LogP contribution in [0.25, 0.3) is 0 Å². The van der Waals surface area contributed by atoms with E-state index in [0.29, 0.717) is 6.54 Å². The zero-order chi connectivity index (χ0) is 17.5. The predicted octanol–water partition coefficient (Wildman–Crippen LogP) is 0.0216. The first-order valence-electron chi connectivity index (χ1n) is 8.09. The van der Waals surface area contributed by atoms with E-state index in [1.807, 2.05) is 12.1 Å². The van der Waals surface area contributed by atoms with Gasteiger partial charge in [-0.15, -0.1) is 0 Å². The zero-order valence-corrected chi connectivity index (χ0v) is 14.6. The lowest BCUT2D eigenvalue weighted by molar-refractivity contribution is -0.135. The van der Waals surface area contributed by atoms with Gasteiger partial charge in [0.05, 0.1) is 20.2 Å². The van der Waals surface area contributed by atoms with Crippen LogP contribution in [0.1, 0.15) is 0 Å². The van der Waals surface area contributed by atoms with Crippen LogP contribution in [0.4, 0.5) is 5.69 Å². The first-order valence-corrected chi connectivity index (χ1v) is 8.09. The maximum Gasteiger partial charge on any atom is 0.239 e. The van der Waals surface area contributed by atoms with Gasteiger partial charge < -0.3 is 19.9 Å². The second-order valence-electron chi connectivity index (χ2n) is 5.88. The minimum absolute atomic E-state index is 0.0310. The molecule has 132 valence electrons. The van der Waals surface area contributed by atoms with Crippen molar-refractivity contribution in [3.8, 4) is 5.75 Å². The molecule has 1 aliphatic heterocycles. The third kappa shape index (κ3) is 4.86.